The Morgan fingerprint density at radius 3 is 2.44 bits per heavy atom. The molecule has 2 unspecified atom stereocenters. The summed E-state index contributed by atoms with van der Waals surface area (Å²) in [4.78, 5) is 49.6. The molecule has 0 aromatic heterocycles. The van der Waals surface area contributed by atoms with Gasteiger partial charge in [0.25, 0.3) is 5.91 Å². The largest absolute Gasteiger partial charge is 0.366 e. The number of hydrogen-bond donors (Lipinski definition) is 1. The van der Waals surface area contributed by atoms with Crippen molar-refractivity contribution in [1.82, 2.24) is 14.7 Å². The van der Waals surface area contributed by atoms with Crippen molar-refractivity contribution < 1.29 is 14.4 Å². The van der Waals surface area contributed by atoms with Crippen molar-refractivity contribution in [3.05, 3.63) is 76.6 Å². The molecule has 1 saturated heterocycles. The number of nitrogens with two attached hydrogens (primary N) is 1. The number of guanidine groups is 1. The van der Waals surface area contributed by atoms with Gasteiger partial charge in [-0.15, -0.1) is 0 Å². The van der Waals surface area contributed by atoms with Gasteiger partial charge in [0.1, 0.15) is 0 Å². The van der Waals surface area contributed by atoms with E-state index in [1.54, 1.807) is 31.3 Å². The number of likely N-dealkylation sites (N-methyl/N-ethyl adjacent to an activating group) is 1. The molecule has 3 heterocycles. The van der Waals surface area contributed by atoms with E-state index in [9.17, 15) is 14.4 Å². The zero-order chi connectivity index (χ0) is 24.3. The molecule has 4 amide bonds. The first-order chi connectivity index (χ1) is 16.2. The lowest BCUT2D eigenvalue weighted by Gasteiger charge is -2.40. The SMILES string of the molecule is CC1=CN2C(=NC3C2C(=O)N(Cc2cc(C)ccc2C)C(=O)N3C)N1c1ccc(C(N)=O)cc1. The highest BCUT2D eigenvalue weighted by Gasteiger charge is 2.54. The number of carbonyl (C=O) groups is 3. The van der Waals surface area contributed by atoms with E-state index >= 15 is 0 Å². The number of amides is 4. The highest BCUT2D eigenvalue weighted by molar-refractivity contribution is 6.10. The first-order valence-electron chi connectivity index (χ1n) is 11.1. The Hall–Kier alpha value is -4.14. The second kappa shape index (κ2) is 7.72. The van der Waals surface area contributed by atoms with Crippen molar-refractivity contribution in [2.45, 2.75) is 39.5 Å². The van der Waals surface area contributed by atoms with Crippen LogP contribution in [0.15, 0.2) is 59.4 Å². The van der Waals surface area contributed by atoms with Crippen LogP contribution in [-0.2, 0) is 11.3 Å². The van der Waals surface area contributed by atoms with Crippen LogP contribution < -0.4 is 10.6 Å². The van der Waals surface area contributed by atoms with Crippen molar-refractivity contribution in [2.75, 3.05) is 11.9 Å². The number of hydrogen-bond acceptors (Lipinski definition) is 6. The second-order valence-corrected chi connectivity index (χ2v) is 8.96. The number of fused-ring (bicyclic) bond motifs is 3. The molecule has 0 saturated carbocycles. The van der Waals surface area contributed by atoms with E-state index in [0.29, 0.717) is 11.5 Å². The molecule has 0 spiro atoms. The Morgan fingerprint density at radius 1 is 1.06 bits per heavy atom. The van der Waals surface area contributed by atoms with Crippen LogP contribution in [0.3, 0.4) is 0 Å². The predicted molar refractivity (Wildman–Crippen MR) is 128 cm³/mol. The molecule has 2 aromatic carbocycles. The summed E-state index contributed by atoms with van der Waals surface area (Å²) in [6, 6.07) is 11.9. The number of aliphatic imine (C=N–C) groups is 1. The normalized spacial score (nSPS) is 21.5. The minimum Gasteiger partial charge on any atom is -0.366 e. The predicted octanol–water partition coefficient (Wildman–Crippen LogP) is 2.54. The summed E-state index contributed by atoms with van der Waals surface area (Å²) in [7, 11) is 1.68. The van der Waals surface area contributed by atoms with Gasteiger partial charge in [-0.25, -0.2) is 9.79 Å². The lowest BCUT2D eigenvalue weighted by Crippen LogP contribution is -2.63. The minimum absolute atomic E-state index is 0.211. The third-order valence-corrected chi connectivity index (χ3v) is 6.63. The number of rotatable bonds is 4. The van der Waals surface area contributed by atoms with Gasteiger partial charge in [-0.1, -0.05) is 23.8 Å². The van der Waals surface area contributed by atoms with Crippen molar-refractivity contribution in [3.8, 4) is 0 Å². The number of benzene rings is 2. The second-order valence-electron chi connectivity index (χ2n) is 8.96. The van der Waals surface area contributed by atoms with Crippen LogP contribution in [0.5, 0.6) is 0 Å². The Kier molecular flexibility index (Phi) is 4.93. The third kappa shape index (κ3) is 3.23. The summed E-state index contributed by atoms with van der Waals surface area (Å²) in [5, 5.41) is 0. The van der Waals surface area contributed by atoms with E-state index in [-0.39, 0.29) is 18.5 Å². The maximum Gasteiger partial charge on any atom is 0.328 e. The number of carbonyl (C=O) groups excluding carboxylic acids is 3. The molecule has 174 valence electrons. The average Bonchev–Trinajstić information content (AvgIpc) is 3.32. The number of primary amides is 1. The van der Waals surface area contributed by atoms with E-state index in [0.717, 1.165) is 28.1 Å². The molecule has 9 heteroatoms. The van der Waals surface area contributed by atoms with E-state index < -0.39 is 18.1 Å². The monoisotopic (exact) mass is 458 g/mol. The summed E-state index contributed by atoms with van der Waals surface area (Å²) >= 11 is 0. The van der Waals surface area contributed by atoms with Crippen LogP contribution in [0.25, 0.3) is 0 Å². The average molecular weight is 459 g/mol. The summed E-state index contributed by atoms with van der Waals surface area (Å²) in [6.45, 7) is 6.10. The van der Waals surface area contributed by atoms with Crippen LogP contribution in [0.2, 0.25) is 0 Å². The van der Waals surface area contributed by atoms with Gasteiger partial charge < -0.3 is 15.5 Å². The van der Waals surface area contributed by atoms with Gasteiger partial charge in [-0.3, -0.25) is 19.4 Å². The molecule has 9 nitrogen and oxygen atoms in total. The van der Waals surface area contributed by atoms with E-state index in [1.807, 2.05) is 55.0 Å². The molecule has 0 bridgehead atoms. The molecule has 2 aromatic rings. The van der Waals surface area contributed by atoms with Gasteiger partial charge in [0.05, 0.1) is 6.54 Å². The molecule has 34 heavy (non-hydrogen) atoms. The van der Waals surface area contributed by atoms with Crippen LogP contribution in [0.4, 0.5) is 10.5 Å². The van der Waals surface area contributed by atoms with Crippen LogP contribution in [0.1, 0.15) is 34.0 Å². The number of nitrogens with zero attached hydrogens (tertiary/aromatic N) is 5. The van der Waals surface area contributed by atoms with Crippen LogP contribution in [-0.4, -0.2) is 57.8 Å². The van der Waals surface area contributed by atoms with Gasteiger partial charge in [-0.2, -0.15) is 0 Å². The van der Waals surface area contributed by atoms with Crippen LogP contribution >= 0.6 is 0 Å². The summed E-state index contributed by atoms with van der Waals surface area (Å²) in [5.74, 6) is -0.204. The molecule has 2 N–H and O–H groups in total. The number of allylic oxidation sites excluding steroid dienone is 1. The topological polar surface area (TPSA) is 103 Å². The fraction of sp³-hybridized carbons (Fsp3) is 0.280. The van der Waals surface area contributed by atoms with Gasteiger partial charge in [0.15, 0.2) is 12.2 Å². The Morgan fingerprint density at radius 2 is 1.76 bits per heavy atom. The Balaban J connectivity index is 1.46. The smallest absolute Gasteiger partial charge is 0.328 e. The molecular weight excluding hydrogens is 432 g/mol. The maximum atomic E-state index is 13.6. The quantitative estimate of drug-likeness (QED) is 0.759. The van der Waals surface area contributed by atoms with Gasteiger partial charge in [0.2, 0.25) is 11.9 Å². The van der Waals surface area contributed by atoms with Crippen molar-refractivity contribution in [2.24, 2.45) is 10.7 Å². The minimum atomic E-state index is -0.646. The third-order valence-electron chi connectivity index (χ3n) is 6.63. The van der Waals surface area contributed by atoms with Crippen molar-refractivity contribution >= 4 is 29.5 Å². The molecule has 5 rings (SSSR count). The molecule has 0 aliphatic carbocycles. The first-order valence-corrected chi connectivity index (χ1v) is 11.1. The number of urea groups is 1. The van der Waals surface area contributed by atoms with Crippen molar-refractivity contribution in [1.29, 1.82) is 0 Å². The van der Waals surface area contributed by atoms with E-state index in [4.69, 9.17) is 10.7 Å². The summed E-state index contributed by atoms with van der Waals surface area (Å²) < 4.78 is 0. The van der Waals surface area contributed by atoms with Gasteiger partial charge in [0, 0.05) is 30.2 Å². The number of imide groups is 1. The maximum absolute atomic E-state index is 13.6. The van der Waals surface area contributed by atoms with E-state index in [2.05, 4.69) is 0 Å². The molecule has 0 radical (unpaired) electrons. The van der Waals surface area contributed by atoms with Crippen molar-refractivity contribution in [3.63, 3.8) is 0 Å². The lowest BCUT2D eigenvalue weighted by atomic mass is 10.0. The zero-order valence-electron chi connectivity index (χ0n) is 19.5. The fourth-order valence-corrected chi connectivity index (χ4v) is 4.73. The summed E-state index contributed by atoms with van der Waals surface area (Å²) in [5.41, 5.74) is 10.5. The van der Waals surface area contributed by atoms with Gasteiger partial charge >= 0.3 is 6.03 Å². The molecule has 2 atom stereocenters. The highest BCUT2D eigenvalue weighted by Crippen LogP contribution is 2.37. The Labute approximate surface area is 197 Å². The molecule has 1 fully saturated rings. The number of aryl methyl sites for hydroxylation is 2. The first kappa shape index (κ1) is 21.7. The highest BCUT2D eigenvalue weighted by atomic mass is 16.2. The molecular formula is C25H26N6O3. The van der Waals surface area contributed by atoms with E-state index in [1.165, 1.54) is 9.80 Å². The lowest BCUT2D eigenvalue weighted by molar-refractivity contribution is -0.137. The zero-order valence-corrected chi connectivity index (χ0v) is 19.5. The van der Waals surface area contributed by atoms with Gasteiger partial charge in [-0.05, 0) is 56.2 Å². The Bertz CT molecular complexity index is 1280. The fourth-order valence-electron chi connectivity index (χ4n) is 4.73. The molecule has 3 aliphatic rings. The van der Waals surface area contributed by atoms with Crippen LogP contribution in [0, 0.1) is 13.8 Å². The number of anilines is 1. The molecule has 3 aliphatic heterocycles. The summed E-state index contributed by atoms with van der Waals surface area (Å²) in [6.07, 6.45) is 1.25. The standard InChI is InChI=1S/C25H26N6O3/c1-14-5-6-15(2)18(11-14)13-30-23(33)20-22(28(4)25(30)34)27-24-29(20)12-16(3)31(24)19-9-7-17(8-10-19)21(26)32/h5-12,20,22H,13H2,1-4H3,(H2,26,32).